The van der Waals surface area contributed by atoms with Crippen LogP contribution in [0.2, 0.25) is 0 Å². The van der Waals surface area contributed by atoms with Gasteiger partial charge in [0.1, 0.15) is 0 Å². The number of halogens is 6. The summed E-state index contributed by atoms with van der Waals surface area (Å²) in [7, 11) is 0. The molecule has 2 saturated heterocycles. The maximum Gasteiger partial charge on any atom is 0.416 e. The lowest BCUT2D eigenvalue weighted by Crippen LogP contribution is -2.25. The molecular formula is C13H12F6N2S. The van der Waals surface area contributed by atoms with Crippen molar-refractivity contribution in [2.45, 2.75) is 37.3 Å². The van der Waals surface area contributed by atoms with Crippen LogP contribution in [0, 0.1) is 0 Å². The van der Waals surface area contributed by atoms with Gasteiger partial charge in [-0.25, -0.2) is 9.03 Å². The van der Waals surface area contributed by atoms with Gasteiger partial charge in [-0.1, -0.05) is 0 Å². The van der Waals surface area contributed by atoms with Crippen LogP contribution in [0.4, 0.5) is 26.3 Å². The fourth-order valence-electron chi connectivity index (χ4n) is 2.86. The molecule has 2 heterocycles. The first-order valence-electron chi connectivity index (χ1n) is 6.65. The second-order valence-electron chi connectivity index (χ2n) is 5.38. The summed E-state index contributed by atoms with van der Waals surface area (Å²) in [6.07, 6.45) is -7.97. The third-order valence-electron chi connectivity index (χ3n) is 3.90. The van der Waals surface area contributed by atoms with Crippen molar-refractivity contribution >= 4 is 12.1 Å². The van der Waals surface area contributed by atoms with E-state index in [0.29, 0.717) is 0 Å². The van der Waals surface area contributed by atoms with E-state index < -0.39 is 29.5 Å². The van der Waals surface area contributed by atoms with Gasteiger partial charge in [-0.15, -0.1) is 0 Å². The lowest BCUT2D eigenvalue weighted by Gasteiger charge is -2.21. The molecule has 1 aromatic rings. The van der Waals surface area contributed by atoms with Gasteiger partial charge in [0.15, 0.2) is 0 Å². The SMILES string of the molecule is FC(F)(F)c1cc(C2NSN3CCCC23)cc(C(F)(F)F)c1. The quantitative estimate of drug-likeness (QED) is 0.602. The molecule has 9 heteroatoms. The normalized spacial score (nSPS) is 26.5. The summed E-state index contributed by atoms with van der Waals surface area (Å²) >= 11 is 1.26. The average molecular weight is 342 g/mol. The Labute approximate surface area is 127 Å². The molecule has 1 aromatic carbocycles. The van der Waals surface area contributed by atoms with Gasteiger partial charge in [0.25, 0.3) is 0 Å². The average Bonchev–Trinajstić information content (AvgIpc) is 2.98. The first-order chi connectivity index (χ1) is 10.2. The number of rotatable bonds is 1. The molecule has 0 aromatic heterocycles. The van der Waals surface area contributed by atoms with E-state index in [4.69, 9.17) is 0 Å². The van der Waals surface area contributed by atoms with Gasteiger partial charge in [0.05, 0.1) is 17.2 Å². The summed E-state index contributed by atoms with van der Waals surface area (Å²) in [5.41, 5.74) is -2.50. The third-order valence-corrected chi connectivity index (χ3v) is 4.95. The second-order valence-corrected chi connectivity index (χ2v) is 6.26. The number of hydrogen-bond acceptors (Lipinski definition) is 3. The summed E-state index contributed by atoms with van der Waals surface area (Å²) in [6, 6.07) is 1.19. The first-order valence-corrected chi connectivity index (χ1v) is 7.42. The monoisotopic (exact) mass is 342 g/mol. The molecule has 2 atom stereocenters. The van der Waals surface area contributed by atoms with Gasteiger partial charge >= 0.3 is 12.4 Å². The van der Waals surface area contributed by atoms with Crippen molar-refractivity contribution in [2.75, 3.05) is 6.54 Å². The van der Waals surface area contributed by atoms with Crippen molar-refractivity contribution in [1.82, 2.24) is 9.03 Å². The maximum absolute atomic E-state index is 12.9. The van der Waals surface area contributed by atoms with E-state index >= 15 is 0 Å². The van der Waals surface area contributed by atoms with Crippen molar-refractivity contribution in [3.8, 4) is 0 Å². The van der Waals surface area contributed by atoms with E-state index in [9.17, 15) is 26.3 Å². The largest absolute Gasteiger partial charge is 0.416 e. The van der Waals surface area contributed by atoms with E-state index in [1.165, 1.54) is 12.1 Å². The van der Waals surface area contributed by atoms with Crippen LogP contribution in [0.25, 0.3) is 0 Å². The number of fused-ring (bicyclic) bond motifs is 1. The molecule has 0 aliphatic carbocycles. The lowest BCUT2D eigenvalue weighted by atomic mass is 9.95. The molecule has 0 amide bonds. The Morgan fingerprint density at radius 2 is 1.59 bits per heavy atom. The molecule has 2 aliphatic heterocycles. The molecule has 2 nitrogen and oxygen atoms in total. The van der Waals surface area contributed by atoms with Gasteiger partial charge in [0.2, 0.25) is 0 Å². The molecule has 3 rings (SSSR count). The standard InChI is InChI=1S/C13H12F6N2S/c14-12(15,16)8-4-7(5-9(6-8)13(17,18)19)11-10-2-1-3-21(10)22-20-11/h4-6,10-11,20H,1-3H2. The summed E-state index contributed by atoms with van der Waals surface area (Å²) < 4.78 is 82.2. The molecule has 122 valence electrons. The molecule has 2 aliphatic rings. The molecule has 22 heavy (non-hydrogen) atoms. The van der Waals surface area contributed by atoms with Crippen molar-refractivity contribution in [2.24, 2.45) is 0 Å². The minimum absolute atomic E-state index is 0.0315. The minimum atomic E-state index is -4.81. The van der Waals surface area contributed by atoms with Crippen molar-refractivity contribution in [3.63, 3.8) is 0 Å². The van der Waals surface area contributed by atoms with E-state index in [-0.39, 0.29) is 17.7 Å². The van der Waals surface area contributed by atoms with Crippen LogP contribution in [0.3, 0.4) is 0 Å². The molecule has 1 N–H and O–H groups in total. The van der Waals surface area contributed by atoms with Crippen LogP contribution in [0.15, 0.2) is 18.2 Å². The van der Waals surface area contributed by atoms with Gasteiger partial charge in [-0.2, -0.15) is 26.3 Å². The highest BCUT2D eigenvalue weighted by molar-refractivity contribution is 7.95. The highest BCUT2D eigenvalue weighted by Crippen LogP contribution is 2.43. The van der Waals surface area contributed by atoms with Crippen LogP contribution in [0.1, 0.15) is 35.6 Å². The highest BCUT2D eigenvalue weighted by atomic mass is 32.2. The fourth-order valence-corrected chi connectivity index (χ4v) is 3.99. The topological polar surface area (TPSA) is 15.3 Å². The maximum atomic E-state index is 12.9. The number of nitrogens with one attached hydrogen (secondary N) is 1. The first kappa shape index (κ1) is 15.9. The van der Waals surface area contributed by atoms with Crippen LogP contribution in [-0.2, 0) is 12.4 Å². The summed E-state index contributed by atoms with van der Waals surface area (Å²) in [5.74, 6) is 0. The molecule has 0 radical (unpaired) electrons. The Morgan fingerprint density at radius 3 is 2.14 bits per heavy atom. The van der Waals surface area contributed by atoms with Gasteiger partial charge in [0, 0.05) is 24.7 Å². The van der Waals surface area contributed by atoms with E-state index in [1.807, 2.05) is 4.31 Å². The Kier molecular flexibility index (Phi) is 3.85. The van der Waals surface area contributed by atoms with E-state index in [0.717, 1.165) is 31.5 Å². The summed E-state index contributed by atoms with van der Waals surface area (Å²) in [5, 5.41) is 0. The molecule has 0 spiro atoms. The Bertz CT molecular complexity index is 538. The lowest BCUT2D eigenvalue weighted by molar-refractivity contribution is -0.143. The predicted octanol–water partition coefficient (Wildman–Crippen LogP) is 4.40. The Morgan fingerprint density at radius 1 is 1.00 bits per heavy atom. The molecule has 0 saturated carbocycles. The highest BCUT2D eigenvalue weighted by Gasteiger charge is 2.42. The fraction of sp³-hybridized carbons (Fsp3) is 0.538. The van der Waals surface area contributed by atoms with E-state index in [1.54, 1.807) is 0 Å². The third kappa shape index (κ3) is 2.93. The van der Waals surface area contributed by atoms with E-state index in [2.05, 4.69) is 4.72 Å². The zero-order valence-corrected chi connectivity index (χ0v) is 11.9. The van der Waals surface area contributed by atoms with Crippen LogP contribution >= 0.6 is 12.1 Å². The molecule has 2 unspecified atom stereocenters. The van der Waals surface area contributed by atoms with Gasteiger partial charge < -0.3 is 0 Å². The zero-order chi connectivity index (χ0) is 16.1. The minimum Gasteiger partial charge on any atom is -0.241 e. The van der Waals surface area contributed by atoms with Crippen molar-refractivity contribution in [1.29, 1.82) is 0 Å². The van der Waals surface area contributed by atoms with Crippen LogP contribution < -0.4 is 4.72 Å². The summed E-state index contributed by atoms with van der Waals surface area (Å²) in [6.45, 7) is 0.782. The number of alkyl halides is 6. The van der Waals surface area contributed by atoms with Crippen molar-refractivity contribution < 1.29 is 26.3 Å². The van der Waals surface area contributed by atoms with Gasteiger partial charge in [-0.3, -0.25) is 0 Å². The van der Waals surface area contributed by atoms with Crippen molar-refractivity contribution in [3.05, 3.63) is 34.9 Å². The smallest absolute Gasteiger partial charge is 0.241 e. The zero-order valence-electron chi connectivity index (χ0n) is 11.1. The predicted molar refractivity (Wildman–Crippen MR) is 69.6 cm³/mol. The molecular weight excluding hydrogens is 330 g/mol. The number of nitrogens with zero attached hydrogens (tertiary/aromatic N) is 1. The molecule has 2 fully saturated rings. The second kappa shape index (κ2) is 5.31. The Hall–Kier alpha value is -0.930. The number of hydrogen-bond donors (Lipinski definition) is 1. The summed E-state index contributed by atoms with van der Waals surface area (Å²) in [4.78, 5) is 0. The number of benzene rings is 1. The van der Waals surface area contributed by atoms with Crippen LogP contribution in [0.5, 0.6) is 0 Å². The molecule has 0 bridgehead atoms. The Balaban J connectivity index is 2.03. The van der Waals surface area contributed by atoms with Gasteiger partial charge in [-0.05, 0) is 36.6 Å². The van der Waals surface area contributed by atoms with Crippen LogP contribution in [-0.4, -0.2) is 16.9 Å².